The number of carbonyl (C=O) groups is 1. The van der Waals surface area contributed by atoms with E-state index >= 15 is 0 Å². The first kappa shape index (κ1) is 24.0. The lowest BCUT2D eigenvalue weighted by Crippen LogP contribution is -2.43. The van der Waals surface area contributed by atoms with Gasteiger partial charge in [0.05, 0.1) is 40.5 Å². The monoisotopic (exact) mass is 428 g/mol. The van der Waals surface area contributed by atoms with Gasteiger partial charge in [0, 0.05) is 20.6 Å². The maximum Gasteiger partial charge on any atom is 0.241 e. The van der Waals surface area contributed by atoms with Crippen molar-refractivity contribution in [3.8, 4) is 11.5 Å². The summed E-state index contributed by atoms with van der Waals surface area (Å²) in [6.07, 6.45) is 0. The summed E-state index contributed by atoms with van der Waals surface area (Å²) < 4.78 is 16.1. The van der Waals surface area contributed by atoms with Crippen molar-refractivity contribution in [3.05, 3.63) is 59.7 Å². The molecule has 2 rings (SSSR count). The molecular formula is C23H32N4O4. The molecule has 0 aliphatic heterocycles. The van der Waals surface area contributed by atoms with E-state index < -0.39 is 0 Å². The van der Waals surface area contributed by atoms with Gasteiger partial charge in [-0.15, -0.1) is 0 Å². The molecule has 2 aromatic rings. The van der Waals surface area contributed by atoms with Gasteiger partial charge in [-0.05, 0) is 35.4 Å². The van der Waals surface area contributed by atoms with E-state index in [9.17, 15) is 4.79 Å². The number of aliphatic imine (C=N–C) groups is 1. The zero-order chi connectivity index (χ0) is 22.5. The summed E-state index contributed by atoms with van der Waals surface area (Å²) in [6.45, 7) is 2.20. The van der Waals surface area contributed by atoms with Crippen LogP contribution in [-0.2, 0) is 22.7 Å². The van der Waals surface area contributed by atoms with E-state index in [0.717, 1.165) is 22.6 Å². The molecule has 0 spiro atoms. The number of nitrogens with one attached hydrogen (secondary N) is 2. The molecule has 0 bridgehead atoms. The number of benzene rings is 2. The highest BCUT2D eigenvalue weighted by Gasteiger charge is 2.06. The molecule has 0 saturated heterocycles. The molecule has 2 aromatic carbocycles. The zero-order valence-electron chi connectivity index (χ0n) is 18.7. The Morgan fingerprint density at radius 2 is 1.48 bits per heavy atom. The first-order valence-corrected chi connectivity index (χ1v) is 10.1. The Morgan fingerprint density at radius 1 is 0.903 bits per heavy atom. The van der Waals surface area contributed by atoms with Crippen LogP contribution < -0.4 is 20.1 Å². The number of hydrogen-bond donors (Lipinski definition) is 2. The first-order valence-electron chi connectivity index (χ1n) is 10.1. The molecule has 0 aliphatic carbocycles. The quantitative estimate of drug-likeness (QED) is 0.324. The average Bonchev–Trinajstić information content (AvgIpc) is 2.80. The van der Waals surface area contributed by atoms with Gasteiger partial charge < -0.3 is 29.7 Å². The fourth-order valence-corrected chi connectivity index (χ4v) is 2.55. The third-order valence-corrected chi connectivity index (χ3v) is 4.45. The van der Waals surface area contributed by atoms with Crippen LogP contribution in [0.1, 0.15) is 11.1 Å². The van der Waals surface area contributed by atoms with Crippen molar-refractivity contribution in [1.82, 2.24) is 15.5 Å². The van der Waals surface area contributed by atoms with Crippen molar-refractivity contribution in [2.75, 3.05) is 48.0 Å². The highest BCUT2D eigenvalue weighted by atomic mass is 16.5. The molecule has 8 heteroatoms. The fraction of sp³-hybridized carbons (Fsp3) is 0.391. The van der Waals surface area contributed by atoms with Crippen LogP contribution >= 0.6 is 0 Å². The van der Waals surface area contributed by atoms with Crippen molar-refractivity contribution < 1.29 is 19.0 Å². The van der Waals surface area contributed by atoms with Gasteiger partial charge in [0.2, 0.25) is 5.91 Å². The minimum Gasteiger partial charge on any atom is -0.497 e. The Morgan fingerprint density at radius 3 is 2.03 bits per heavy atom. The standard InChI is InChI=1S/C23H32N4O4/c1-27(2)22(28)16-26-23(25-15-18-5-9-20(29-3)10-6-18)24-13-14-31-17-19-7-11-21(30-4)12-8-19/h5-12H,13-17H2,1-4H3,(H2,24,25,26). The maximum absolute atomic E-state index is 11.9. The predicted octanol–water partition coefficient (Wildman–Crippen LogP) is 2.04. The van der Waals surface area contributed by atoms with Crippen LogP contribution in [0.2, 0.25) is 0 Å². The third kappa shape index (κ3) is 8.96. The lowest BCUT2D eigenvalue weighted by Gasteiger charge is -2.15. The molecule has 2 N–H and O–H groups in total. The second kappa shape index (κ2) is 13.1. The van der Waals surface area contributed by atoms with Gasteiger partial charge in [0.15, 0.2) is 5.96 Å². The van der Waals surface area contributed by atoms with Crippen LogP contribution in [-0.4, -0.2) is 64.8 Å². The Bertz CT molecular complexity index is 820. The number of methoxy groups -OCH3 is 2. The molecule has 0 heterocycles. The van der Waals surface area contributed by atoms with Crippen LogP contribution in [0.5, 0.6) is 11.5 Å². The number of amides is 1. The Kier molecular flexibility index (Phi) is 10.2. The molecule has 0 atom stereocenters. The van der Waals surface area contributed by atoms with Crippen molar-refractivity contribution in [2.45, 2.75) is 13.2 Å². The Labute approximate surface area is 184 Å². The second-order valence-corrected chi connectivity index (χ2v) is 6.98. The van der Waals surface area contributed by atoms with Crippen LogP contribution in [0.25, 0.3) is 0 Å². The van der Waals surface area contributed by atoms with Crippen molar-refractivity contribution in [3.63, 3.8) is 0 Å². The van der Waals surface area contributed by atoms with Gasteiger partial charge in [-0.3, -0.25) is 4.79 Å². The van der Waals surface area contributed by atoms with Crippen LogP contribution in [0.15, 0.2) is 53.5 Å². The summed E-state index contributed by atoms with van der Waals surface area (Å²) >= 11 is 0. The summed E-state index contributed by atoms with van der Waals surface area (Å²) in [5, 5.41) is 6.28. The van der Waals surface area contributed by atoms with Crippen molar-refractivity contribution in [2.24, 2.45) is 4.99 Å². The maximum atomic E-state index is 11.9. The Balaban J connectivity index is 1.83. The minimum absolute atomic E-state index is 0.0327. The van der Waals surface area contributed by atoms with Crippen molar-refractivity contribution in [1.29, 1.82) is 0 Å². The summed E-state index contributed by atoms with van der Waals surface area (Å²) in [5.74, 6) is 2.14. The summed E-state index contributed by atoms with van der Waals surface area (Å²) in [5.41, 5.74) is 2.11. The second-order valence-electron chi connectivity index (χ2n) is 6.98. The average molecular weight is 429 g/mol. The first-order chi connectivity index (χ1) is 15.0. The highest BCUT2D eigenvalue weighted by molar-refractivity contribution is 5.86. The minimum atomic E-state index is -0.0327. The topological polar surface area (TPSA) is 84.4 Å². The molecule has 0 aliphatic rings. The number of guanidine groups is 1. The van der Waals surface area contributed by atoms with E-state index in [1.165, 1.54) is 4.90 Å². The van der Waals surface area contributed by atoms with E-state index in [1.54, 1.807) is 28.3 Å². The number of ether oxygens (including phenoxy) is 3. The number of carbonyl (C=O) groups excluding carboxylic acids is 1. The molecule has 8 nitrogen and oxygen atoms in total. The van der Waals surface area contributed by atoms with Gasteiger partial charge in [-0.2, -0.15) is 0 Å². The van der Waals surface area contributed by atoms with Crippen LogP contribution in [0.3, 0.4) is 0 Å². The van der Waals surface area contributed by atoms with E-state index in [4.69, 9.17) is 14.2 Å². The normalized spacial score (nSPS) is 11.0. The molecule has 0 aromatic heterocycles. The molecule has 0 radical (unpaired) electrons. The van der Waals surface area contributed by atoms with E-state index in [-0.39, 0.29) is 12.5 Å². The SMILES string of the molecule is COc1ccc(CN=C(NCCOCc2ccc(OC)cc2)NCC(=O)N(C)C)cc1. The van der Waals surface area contributed by atoms with Crippen LogP contribution in [0, 0.1) is 0 Å². The van der Waals surface area contributed by atoms with Gasteiger partial charge in [0.1, 0.15) is 11.5 Å². The van der Waals surface area contributed by atoms with Crippen molar-refractivity contribution >= 4 is 11.9 Å². The molecule has 1 amide bonds. The lowest BCUT2D eigenvalue weighted by atomic mass is 10.2. The number of hydrogen-bond acceptors (Lipinski definition) is 5. The summed E-state index contributed by atoms with van der Waals surface area (Å²) in [4.78, 5) is 18.0. The summed E-state index contributed by atoms with van der Waals surface area (Å²) in [7, 11) is 6.72. The molecule has 0 unspecified atom stereocenters. The summed E-state index contributed by atoms with van der Waals surface area (Å²) in [6, 6.07) is 15.5. The van der Waals surface area contributed by atoms with Gasteiger partial charge >= 0.3 is 0 Å². The number of likely N-dealkylation sites (N-methyl/N-ethyl adjacent to an activating group) is 1. The number of rotatable bonds is 11. The molecular weight excluding hydrogens is 396 g/mol. The fourth-order valence-electron chi connectivity index (χ4n) is 2.55. The van der Waals surface area contributed by atoms with E-state index in [1.807, 2.05) is 48.5 Å². The smallest absolute Gasteiger partial charge is 0.241 e. The molecule has 0 saturated carbocycles. The predicted molar refractivity (Wildman–Crippen MR) is 121 cm³/mol. The molecule has 168 valence electrons. The van der Waals surface area contributed by atoms with Gasteiger partial charge in [-0.25, -0.2) is 4.99 Å². The molecule has 31 heavy (non-hydrogen) atoms. The largest absolute Gasteiger partial charge is 0.497 e. The van der Waals surface area contributed by atoms with Crippen LogP contribution in [0.4, 0.5) is 0 Å². The van der Waals surface area contributed by atoms with E-state index in [0.29, 0.717) is 32.3 Å². The zero-order valence-corrected chi connectivity index (χ0v) is 18.7. The third-order valence-electron chi connectivity index (χ3n) is 4.45. The van der Waals surface area contributed by atoms with E-state index in [2.05, 4.69) is 15.6 Å². The highest BCUT2D eigenvalue weighted by Crippen LogP contribution is 2.12. The lowest BCUT2D eigenvalue weighted by molar-refractivity contribution is -0.127. The van der Waals surface area contributed by atoms with Gasteiger partial charge in [-0.1, -0.05) is 24.3 Å². The molecule has 0 fully saturated rings. The van der Waals surface area contributed by atoms with Gasteiger partial charge in [0.25, 0.3) is 0 Å². The number of nitrogens with zero attached hydrogens (tertiary/aromatic N) is 2. The Hall–Kier alpha value is -3.26.